The van der Waals surface area contributed by atoms with Crippen molar-refractivity contribution >= 4 is 45.8 Å². The number of benzene rings is 3. The lowest BCUT2D eigenvalue weighted by Gasteiger charge is -2.32. The molecule has 2 saturated heterocycles. The number of ether oxygens (including phenoxy) is 1. The van der Waals surface area contributed by atoms with Crippen molar-refractivity contribution in [1.29, 1.82) is 0 Å². The van der Waals surface area contributed by atoms with Crippen molar-refractivity contribution < 1.29 is 14.3 Å². The number of imide groups is 1. The minimum absolute atomic E-state index is 0.346. The number of hydrogen-bond donors (Lipinski definition) is 2. The van der Waals surface area contributed by atoms with E-state index >= 15 is 0 Å². The van der Waals surface area contributed by atoms with Gasteiger partial charge in [-0.2, -0.15) is 0 Å². The van der Waals surface area contributed by atoms with Gasteiger partial charge in [-0.1, -0.05) is 36.4 Å². The van der Waals surface area contributed by atoms with Crippen LogP contribution >= 0.6 is 11.8 Å². The van der Waals surface area contributed by atoms with Crippen LogP contribution in [0.2, 0.25) is 0 Å². The minimum Gasteiger partial charge on any atom is -0.457 e. The lowest BCUT2D eigenvalue weighted by atomic mass is 9.96. The molecule has 2 amide bonds. The molecular weight excluding hydrogens is 597 g/mol. The van der Waals surface area contributed by atoms with E-state index in [4.69, 9.17) is 9.72 Å². The third kappa shape index (κ3) is 6.93. The van der Waals surface area contributed by atoms with E-state index in [0.717, 1.165) is 83.5 Å². The molecule has 10 heteroatoms. The molecule has 3 aromatic carbocycles. The number of piperidine rings is 1. The van der Waals surface area contributed by atoms with Gasteiger partial charge in [-0.15, -0.1) is 0 Å². The maximum atomic E-state index is 11.9. The van der Waals surface area contributed by atoms with Crippen LogP contribution in [0, 0.1) is 5.92 Å². The molecule has 230 valence electrons. The molecule has 0 bridgehead atoms. The van der Waals surface area contributed by atoms with E-state index in [1.165, 1.54) is 0 Å². The summed E-state index contributed by atoms with van der Waals surface area (Å²) in [6, 6.07) is 30.1. The van der Waals surface area contributed by atoms with Gasteiger partial charge in [0.1, 0.15) is 11.5 Å². The van der Waals surface area contributed by atoms with Crippen molar-refractivity contribution in [2.24, 2.45) is 5.92 Å². The average molecular weight is 629 g/mol. The molecule has 2 aliphatic rings. The first-order valence-corrected chi connectivity index (χ1v) is 16.1. The normalized spacial score (nSPS) is 16.3. The number of amides is 2. The Morgan fingerprint density at radius 2 is 1.67 bits per heavy atom. The summed E-state index contributed by atoms with van der Waals surface area (Å²) in [6.45, 7) is 3.31. The number of nitrogens with one attached hydrogen (secondary N) is 2. The Kier molecular flexibility index (Phi) is 8.71. The molecule has 2 fully saturated rings. The number of para-hydroxylation sites is 2. The number of carbonyl (C=O) groups is 2. The van der Waals surface area contributed by atoms with E-state index < -0.39 is 0 Å². The van der Waals surface area contributed by atoms with Gasteiger partial charge < -0.3 is 15.0 Å². The van der Waals surface area contributed by atoms with Crippen LogP contribution in [-0.4, -0.2) is 45.7 Å². The Bertz CT molecular complexity index is 1910. The van der Waals surface area contributed by atoms with Gasteiger partial charge in [0.2, 0.25) is 5.95 Å². The zero-order valence-corrected chi connectivity index (χ0v) is 25.9. The molecule has 0 aliphatic carbocycles. The molecule has 0 atom stereocenters. The van der Waals surface area contributed by atoms with Crippen molar-refractivity contribution in [3.63, 3.8) is 0 Å². The molecule has 4 heterocycles. The fourth-order valence-electron chi connectivity index (χ4n) is 5.75. The SMILES string of the molecule is O=C1NC(=O)C(=Cc2ccnc(N3CCC(CNCc4cc5ccccc5nc4-c4ccc(Oc5ccccc5)cc4)CC3)n2)S1. The third-order valence-corrected chi connectivity index (χ3v) is 8.95. The highest BCUT2D eigenvalue weighted by Crippen LogP contribution is 2.30. The van der Waals surface area contributed by atoms with Gasteiger partial charge in [0.25, 0.3) is 11.1 Å². The van der Waals surface area contributed by atoms with Crippen LogP contribution in [0.3, 0.4) is 0 Å². The monoisotopic (exact) mass is 628 g/mol. The molecule has 7 rings (SSSR count). The van der Waals surface area contributed by atoms with Gasteiger partial charge in [-0.05, 0) is 103 Å². The van der Waals surface area contributed by atoms with Crippen LogP contribution in [0.5, 0.6) is 11.5 Å². The third-order valence-electron chi connectivity index (χ3n) is 8.14. The molecule has 5 aromatic rings. The summed E-state index contributed by atoms with van der Waals surface area (Å²) in [7, 11) is 0. The summed E-state index contributed by atoms with van der Waals surface area (Å²) < 4.78 is 6.00. The largest absolute Gasteiger partial charge is 0.457 e. The number of pyridine rings is 1. The Labute approximate surface area is 271 Å². The van der Waals surface area contributed by atoms with Crippen LogP contribution in [-0.2, 0) is 11.3 Å². The molecule has 9 nitrogen and oxygen atoms in total. The second kappa shape index (κ2) is 13.5. The second-order valence-corrected chi connectivity index (χ2v) is 12.3. The molecule has 0 saturated carbocycles. The van der Waals surface area contributed by atoms with Gasteiger partial charge in [-0.25, -0.2) is 15.0 Å². The number of carbonyl (C=O) groups excluding carboxylic acids is 2. The standard InChI is InChI=1S/C36H32N6O3S/c43-34-32(46-36(44)41-34)21-28-14-17-38-35(39-28)42-18-15-24(16-19-42)22-37-23-27-20-26-6-4-5-9-31(26)40-33(27)25-10-12-30(13-11-25)45-29-7-2-1-3-8-29/h1-14,17,20-21,24,37H,15-16,18-19,22-23H2,(H,41,43,44). The lowest BCUT2D eigenvalue weighted by molar-refractivity contribution is -0.115. The number of thioether (sulfide) groups is 1. The van der Waals surface area contributed by atoms with Crippen molar-refractivity contribution in [3.8, 4) is 22.8 Å². The van der Waals surface area contributed by atoms with Gasteiger partial charge in [0, 0.05) is 36.8 Å². The van der Waals surface area contributed by atoms with Gasteiger partial charge in [0.15, 0.2) is 0 Å². The first kappa shape index (κ1) is 29.6. The van der Waals surface area contributed by atoms with E-state index in [-0.39, 0.29) is 11.1 Å². The van der Waals surface area contributed by atoms with Crippen molar-refractivity contribution in [2.45, 2.75) is 19.4 Å². The molecule has 46 heavy (non-hydrogen) atoms. The molecule has 0 radical (unpaired) electrons. The number of hydrogen-bond acceptors (Lipinski definition) is 9. The van der Waals surface area contributed by atoms with Crippen molar-refractivity contribution in [1.82, 2.24) is 25.6 Å². The Morgan fingerprint density at radius 3 is 2.46 bits per heavy atom. The van der Waals surface area contributed by atoms with E-state index in [1.54, 1.807) is 18.3 Å². The molecule has 0 unspecified atom stereocenters. The first-order valence-electron chi connectivity index (χ1n) is 15.3. The molecule has 2 N–H and O–H groups in total. The van der Waals surface area contributed by atoms with E-state index in [0.29, 0.717) is 29.0 Å². The lowest BCUT2D eigenvalue weighted by Crippen LogP contribution is -2.38. The number of anilines is 1. The van der Waals surface area contributed by atoms with Gasteiger partial charge in [-0.3, -0.25) is 14.9 Å². The average Bonchev–Trinajstić information content (AvgIpc) is 3.41. The first-order chi connectivity index (χ1) is 22.6. The smallest absolute Gasteiger partial charge is 0.290 e. The number of fused-ring (bicyclic) bond motifs is 1. The molecular formula is C36H32N6O3S. The second-order valence-electron chi connectivity index (χ2n) is 11.3. The number of nitrogens with zero attached hydrogens (tertiary/aromatic N) is 4. The summed E-state index contributed by atoms with van der Waals surface area (Å²) in [5.41, 5.74) is 4.76. The quantitative estimate of drug-likeness (QED) is 0.170. The van der Waals surface area contributed by atoms with Crippen molar-refractivity contribution in [2.75, 3.05) is 24.5 Å². The van der Waals surface area contributed by atoms with Gasteiger partial charge in [0.05, 0.1) is 21.8 Å². The van der Waals surface area contributed by atoms with Crippen molar-refractivity contribution in [3.05, 3.63) is 113 Å². The minimum atomic E-state index is -0.388. The van der Waals surface area contributed by atoms with Gasteiger partial charge >= 0.3 is 0 Å². The predicted octanol–water partition coefficient (Wildman–Crippen LogP) is 6.81. The Hall–Kier alpha value is -5.06. The maximum absolute atomic E-state index is 11.9. The Balaban J connectivity index is 0.984. The molecule has 2 aliphatic heterocycles. The fraction of sp³-hybridized carbons (Fsp3) is 0.194. The van der Waals surface area contributed by atoms with Crippen LogP contribution in [0.15, 0.2) is 102 Å². The highest BCUT2D eigenvalue weighted by Gasteiger charge is 2.26. The summed E-state index contributed by atoms with van der Waals surface area (Å²) in [6.07, 6.45) is 5.36. The summed E-state index contributed by atoms with van der Waals surface area (Å²) in [5.74, 6) is 2.37. The zero-order valence-electron chi connectivity index (χ0n) is 25.1. The van der Waals surface area contributed by atoms with Crippen LogP contribution in [0.1, 0.15) is 24.1 Å². The zero-order chi connectivity index (χ0) is 31.3. The summed E-state index contributed by atoms with van der Waals surface area (Å²) >= 11 is 0.888. The Morgan fingerprint density at radius 1 is 0.913 bits per heavy atom. The fourth-order valence-corrected chi connectivity index (χ4v) is 6.41. The summed E-state index contributed by atoms with van der Waals surface area (Å²) in [4.78, 5) is 40.1. The topological polar surface area (TPSA) is 109 Å². The predicted molar refractivity (Wildman–Crippen MR) is 181 cm³/mol. The van der Waals surface area contributed by atoms with E-state index in [2.05, 4.69) is 55.8 Å². The molecule has 0 spiro atoms. The maximum Gasteiger partial charge on any atom is 0.290 e. The highest BCUT2D eigenvalue weighted by atomic mass is 32.2. The number of aromatic nitrogens is 3. The number of rotatable bonds is 9. The molecule has 2 aromatic heterocycles. The van der Waals surface area contributed by atoms with E-state index in [1.807, 2.05) is 54.6 Å². The van der Waals surface area contributed by atoms with Crippen LogP contribution in [0.4, 0.5) is 10.7 Å². The van der Waals surface area contributed by atoms with E-state index in [9.17, 15) is 9.59 Å². The van der Waals surface area contributed by atoms with Crippen LogP contribution < -0.4 is 20.3 Å². The highest BCUT2D eigenvalue weighted by molar-refractivity contribution is 8.18. The van der Waals surface area contributed by atoms with Crippen LogP contribution in [0.25, 0.3) is 28.2 Å². The summed E-state index contributed by atoms with van der Waals surface area (Å²) in [5, 5.41) is 6.75.